The van der Waals surface area contributed by atoms with Crippen molar-refractivity contribution in [3.8, 4) is 5.75 Å². The lowest BCUT2D eigenvalue weighted by atomic mass is 10.1. The van der Waals surface area contributed by atoms with Crippen molar-refractivity contribution in [1.29, 1.82) is 0 Å². The number of ketones is 1. The van der Waals surface area contributed by atoms with E-state index in [1.165, 1.54) is 30.3 Å². The number of ether oxygens (including phenoxy) is 1. The number of hydrogen-bond donors (Lipinski definition) is 0. The van der Waals surface area contributed by atoms with E-state index in [1.807, 2.05) is 24.3 Å². The number of hydrogen-bond acceptors (Lipinski definition) is 2. The van der Waals surface area contributed by atoms with Crippen molar-refractivity contribution in [2.75, 3.05) is 0 Å². The second-order valence-electron chi connectivity index (χ2n) is 5.93. The number of halogens is 4. The van der Waals surface area contributed by atoms with Crippen LogP contribution >= 0.6 is 39.1 Å². The van der Waals surface area contributed by atoms with Crippen LogP contribution in [-0.4, -0.2) is 5.78 Å². The van der Waals surface area contributed by atoms with E-state index in [4.69, 9.17) is 27.9 Å². The first-order valence-corrected chi connectivity index (χ1v) is 9.81. The zero-order valence-electron chi connectivity index (χ0n) is 14.5. The largest absolute Gasteiger partial charge is 0.488 e. The molecule has 3 rings (SSSR count). The number of carbonyl (C=O) groups excluding carboxylic acids is 1. The molecular formula is C22H14BrCl2FO2. The molecule has 0 heterocycles. The first-order chi connectivity index (χ1) is 13.4. The molecule has 0 unspecified atom stereocenters. The molecule has 3 aromatic carbocycles. The summed E-state index contributed by atoms with van der Waals surface area (Å²) in [4.78, 5) is 12.1. The van der Waals surface area contributed by atoms with Crippen molar-refractivity contribution in [3.05, 3.63) is 104 Å². The molecule has 0 fully saturated rings. The lowest BCUT2D eigenvalue weighted by Crippen LogP contribution is -1.96. The molecule has 2 nitrogen and oxygen atoms in total. The molecule has 0 aliphatic heterocycles. The molecule has 28 heavy (non-hydrogen) atoms. The van der Waals surface area contributed by atoms with Gasteiger partial charge in [0.25, 0.3) is 0 Å². The zero-order chi connectivity index (χ0) is 20.1. The number of carbonyl (C=O) groups is 1. The highest BCUT2D eigenvalue weighted by Gasteiger charge is 2.06. The molecule has 0 aliphatic rings. The summed E-state index contributed by atoms with van der Waals surface area (Å²) in [5.74, 6) is 0.0880. The fraction of sp³-hybridized carbons (Fsp3) is 0.0455. The summed E-state index contributed by atoms with van der Waals surface area (Å²) in [7, 11) is 0. The highest BCUT2D eigenvalue weighted by molar-refractivity contribution is 9.10. The molecule has 0 bridgehead atoms. The Hall–Kier alpha value is -2.14. The maximum atomic E-state index is 12.9. The maximum Gasteiger partial charge on any atom is 0.185 e. The lowest BCUT2D eigenvalue weighted by Gasteiger charge is -2.09. The van der Waals surface area contributed by atoms with Gasteiger partial charge in [0.05, 0.1) is 14.5 Å². The number of benzene rings is 3. The van der Waals surface area contributed by atoms with Gasteiger partial charge < -0.3 is 4.74 Å². The fourth-order valence-corrected chi connectivity index (χ4v) is 3.24. The molecule has 0 spiro atoms. The van der Waals surface area contributed by atoms with E-state index in [1.54, 1.807) is 18.2 Å². The van der Waals surface area contributed by atoms with E-state index in [0.29, 0.717) is 28.0 Å². The normalized spacial score (nSPS) is 11.0. The molecule has 6 heteroatoms. The van der Waals surface area contributed by atoms with Crippen LogP contribution in [-0.2, 0) is 6.61 Å². The summed E-state index contributed by atoms with van der Waals surface area (Å²) in [6.45, 7) is 0.341. The molecule has 0 saturated heterocycles. The highest BCUT2D eigenvalue weighted by Crippen LogP contribution is 2.28. The third kappa shape index (κ3) is 5.44. The van der Waals surface area contributed by atoms with Gasteiger partial charge in [0.15, 0.2) is 5.78 Å². The Labute approximate surface area is 180 Å². The first kappa shape index (κ1) is 20.6. The topological polar surface area (TPSA) is 26.3 Å². The molecule has 0 aliphatic carbocycles. The Balaban J connectivity index is 1.65. The van der Waals surface area contributed by atoms with E-state index in [2.05, 4.69) is 15.9 Å². The Kier molecular flexibility index (Phi) is 6.89. The van der Waals surface area contributed by atoms with Gasteiger partial charge in [-0.1, -0.05) is 41.4 Å². The predicted octanol–water partition coefficient (Wildman–Crippen LogP) is 7.37. The van der Waals surface area contributed by atoms with Crippen LogP contribution in [0.25, 0.3) is 6.08 Å². The number of allylic oxidation sites excluding steroid dienone is 1. The molecule has 0 N–H and O–H groups in total. The van der Waals surface area contributed by atoms with Gasteiger partial charge in [-0.25, -0.2) is 4.39 Å². The summed E-state index contributed by atoms with van der Waals surface area (Å²) < 4.78 is 19.5. The van der Waals surface area contributed by atoms with E-state index in [-0.39, 0.29) is 11.6 Å². The Morgan fingerprint density at radius 1 is 1.00 bits per heavy atom. The smallest absolute Gasteiger partial charge is 0.185 e. The van der Waals surface area contributed by atoms with Crippen molar-refractivity contribution < 1.29 is 13.9 Å². The van der Waals surface area contributed by atoms with Crippen molar-refractivity contribution >= 4 is 51.0 Å². The Morgan fingerprint density at radius 3 is 2.43 bits per heavy atom. The molecule has 0 saturated carbocycles. The van der Waals surface area contributed by atoms with Gasteiger partial charge in [-0.2, -0.15) is 0 Å². The summed E-state index contributed by atoms with van der Waals surface area (Å²) in [5.41, 5.74) is 2.15. The third-order valence-corrected chi connectivity index (χ3v) is 5.25. The predicted molar refractivity (Wildman–Crippen MR) is 115 cm³/mol. The fourth-order valence-electron chi connectivity index (χ4n) is 2.41. The van der Waals surface area contributed by atoms with E-state index >= 15 is 0 Å². The lowest BCUT2D eigenvalue weighted by molar-refractivity contribution is 0.104. The van der Waals surface area contributed by atoms with Crippen LogP contribution in [0.15, 0.2) is 71.2 Å². The van der Waals surface area contributed by atoms with Crippen LogP contribution in [0, 0.1) is 5.82 Å². The van der Waals surface area contributed by atoms with Gasteiger partial charge in [-0.3, -0.25) is 4.79 Å². The summed E-state index contributed by atoms with van der Waals surface area (Å²) in [6, 6.07) is 16.3. The summed E-state index contributed by atoms with van der Waals surface area (Å²) in [6.07, 6.45) is 3.14. The number of rotatable bonds is 6. The monoisotopic (exact) mass is 478 g/mol. The SMILES string of the molecule is O=C(C=Cc1ccc(OCc2ccc(Cl)c(Cl)c2)c(Br)c1)c1ccc(F)cc1. The van der Waals surface area contributed by atoms with Crippen LogP contribution in [0.2, 0.25) is 10.0 Å². The van der Waals surface area contributed by atoms with Crippen LogP contribution in [0.3, 0.4) is 0 Å². The van der Waals surface area contributed by atoms with Crippen LogP contribution in [0.5, 0.6) is 5.75 Å². The van der Waals surface area contributed by atoms with E-state index in [9.17, 15) is 9.18 Å². The second kappa shape index (κ2) is 9.37. The molecular weight excluding hydrogens is 466 g/mol. The van der Waals surface area contributed by atoms with E-state index < -0.39 is 0 Å². The highest BCUT2D eigenvalue weighted by atomic mass is 79.9. The van der Waals surface area contributed by atoms with Gasteiger partial charge in [0, 0.05) is 5.56 Å². The van der Waals surface area contributed by atoms with Crippen molar-refractivity contribution in [3.63, 3.8) is 0 Å². The van der Waals surface area contributed by atoms with Crippen molar-refractivity contribution in [2.45, 2.75) is 6.61 Å². The zero-order valence-corrected chi connectivity index (χ0v) is 17.6. The Morgan fingerprint density at radius 2 is 1.75 bits per heavy atom. The molecule has 142 valence electrons. The van der Waals surface area contributed by atoms with E-state index in [0.717, 1.165) is 15.6 Å². The summed E-state index contributed by atoms with van der Waals surface area (Å²) in [5, 5.41) is 0.978. The van der Waals surface area contributed by atoms with Crippen molar-refractivity contribution in [2.24, 2.45) is 0 Å². The van der Waals surface area contributed by atoms with Gasteiger partial charge in [0.2, 0.25) is 0 Å². The van der Waals surface area contributed by atoms with Crippen LogP contribution in [0.1, 0.15) is 21.5 Å². The third-order valence-electron chi connectivity index (χ3n) is 3.89. The van der Waals surface area contributed by atoms with Gasteiger partial charge in [-0.05, 0) is 81.7 Å². The Bertz CT molecular complexity index is 1030. The van der Waals surface area contributed by atoms with Gasteiger partial charge in [0.1, 0.15) is 18.2 Å². The van der Waals surface area contributed by atoms with Crippen LogP contribution < -0.4 is 4.74 Å². The molecule has 0 atom stereocenters. The van der Waals surface area contributed by atoms with Crippen LogP contribution in [0.4, 0.5) is 4.39 Å². The van der Waals surface area contributed by atoms with Crippen molar-refractivity contribution in [1.82, 2.24) is 0 Å². The standard InChI is InChI=1S/C22H14BrCl2FO2/c23-18-11-14(2-9-21(27)16-4-6-17(26)7-5-16)3-10-22(18)28-13-15-1-8-19(24)20(25)12-15/h1-12H,13H2. The van der Waals surface area contributed by atoms with Gasteiger partial charge >= 0.3 is 0 Å². The molecule has 0 amide bonds. The molecule has 3 aromatic rings. The quantitative estimate of drug-likeness (QED) is 0.272. The maximum absolute atomic E-state index is 12.9. The summed E-state index contributed by atoms with van der Waals surface area (Å²) >= 11 is 15.4. The molecule has 0 aromatic heterocycles. The minimum atomic E-state index is -0.374. The average Bonchev–Trinajstić information content (AvgIpc) is 2.68. The second-order valence-corrected chi connectivity index (χ2v) is 7.60. The minimum absolute atomic E-state index is 0.198. The van der Waals surface area contributed by atoms with Gasteiger partial charge in [-0.15, -0.1) is 0 Å². The average molecular weight is 480 g/mol. The molecule has 0 radical (unpaired) electrons. The first-order valence-electron chi connectivity index (χ1n) is 8.26. The minimum Gasteiger partial charge on any atom is -0.488 e.